The molecule has 0 aromatic carbocycles. The number of aromatic nitrogens is 1. The van der Waals surface area contributed by atoms with Crippen molar-refractivity contribution in [2.45, 2.75) is 0 Å². The van der Waals surface area contributed by atoms with Crippen LogP contribution in [0.5, 0.6) is 0 Å². The van der Waals surface area contributed by atoms with E-state index in [1.807, 2.05) is 0 Å². The summed E-state index contributed by atoms with van der Waals surface area (Å²) >= 11 is 11.4. The normalized spacial score (nSPS) is 10.6. The van der Waals surface area contributed by atoms with Gasteiger partial charge in [-0.1, -0.05) is 28.3 Å². The lowest BCUT2D eigenvalue weighted by Crippen LogP contribution is -2.02. The lowest BCUT2D eigenvalue weighted by atomic mass is 10.2. The Balaban J connectivity index is 3.21. The average Bonchev–Trinajstić information content (AvgIpc) is 2.30. The van der Waals surface area contributed by atoms with Gasteiger partial charge in [-0.05, 0) is 23.7 Å². The second kappa shape index (κ2) is 6.10. The first-order valence-corrected chi connectivity index (χ1v) is 5.01. The van der Waals surface area contributed by atoms with Crippen molar-refractivity contribution in [3.8, 4) is 0 Å². The van der Waals surface area contributed by atoms with Gasteiger partial charge in [0.1, 0.15) is 16.0 Å². The van der Waals surface area contributed by atoms with E-state index in [0.717, 1.165) is 0 Å². The first-order chi connectivity index (χ1) is 8.08. The number of halogens is 2. The van der Waals surface area contributed by atoms with Crippen molar-refractivity contribution >= 4 is 35.2 Å². The molecule has 1 aromatic heterocycles. The van der Waals surface area contributed by atoms with Crippen LogP contribution in [0, 0.1) is 0 Å². The van der Waals surface area contributed by atoms with Gasteiger partial charge in [-0.2, -0.15) is 0 Å². The predicted octanol–water partition coefficient (Wildman–Crippen LogP) is 3.21. The highest BCUT2D eigenvalue weighted by Gasteiger charge is 2.09. The number of carbonyl (C=O) groups excluding carboxylic acids is 1. The largest absolute Gasteiger partial charge is 0.466 e. The van der Waals surface area contributed by atoms with E-state index in [0.29, 0.717) is 5.56 Å². The molecular formula is C9H6Cl2N4O2. The average molecular weight is 273 g/mol. The van der Waals surface area contributed by atoms with Gasteiger partial charge in [-0.15, -0.1) is 0 Å². The van der Waals surface area contributed by atoms with E-state index in [1.54, 1.807) is 0 Å². The molecule has 0 radical (unpaired) electrons. The van der Waals surface area contributed by atoms with Crippen molar-refractivity contribution in [2.75, 3.05) is 7.11 Å². The minimum absolute atomic E-state index is 0.0899. The van der Waals surface area contributed by atoms with E-state index in [-0.39, 0.29) is 16.0 Å². The molecule has 0 N–H and O–H groups in total. The Hall–Kier alpha value is -1.75. The summed E-state index contributed by atoms with van der Waals surface area (Å²) in [5.41, 5.74) is 8.48. The molecule has 0 saturated carbocycles. The van der Waals surface area contributed by atoms with Crippen LogP contribution in [0.15, 0.2) is 22.9 Å². The van der Waals surface area contributed by atoms with Crippen LogP contribution < -0.4 is 0 Å². The number of ether oxygens (including phenoxy) is 1. The van der Waals surface area contributed by atoms with Crippen molar-refractivity contribution in [2.24, 2.45) is 5.11 Å². The van der Waals surface area contributed by atoms with E-state index in [2.05, 4.69) is 19.7 Å². The topological polar surface area (TPSA) is 88.0 Å². The molecule has 0 amide bonds. The van der Waals surface area contributed by atoms with Crippen LogP contribution in [-0.4, -0.2) is 18.1 Å². The number of azide groups is 1. The van der Waals surface area contributed by atoms with Gasteiger partial charge in [0.05, 0.1) is 7.11 Å². The van der Waals surface area contributed by atoms with Gasteiger partial charge >= 0.3 is 5.97 Å². The lowest BCUT2D eigenvalue weighted by molar-refractivity contribution is -0.136. The van der Waals surface area contributed by atoms with Gasteiger partial charge in [-0.25, -0.2) is 9.78 Å². The summed E-state index contributed by atoms with van der Waals surface area (Å²) in [6.07, 6.45) is 1.26. The molecule has 0 atom stereocenters. The monoisotopic (exact) mass is 272 g/mol. The Labute approximate surface area is 106 Å². The fraction of sp³-hybridized carbons (Fsp3) is 0.111. The first kappa shape index (κ1) is 13.3. The summed E-state index contributed by atoms with van der Waals surface area (Å²) in [5, 5.41) is 3.51. The van der Waals surface area contributed by atoms with Crippen LogP contribution >= 0.6 is 23.2 Å². The molecule has 1 heterocycles. The highest BCUT2D eigenvalue weighted by atomic mass is 35.5. The van der Waals surface area contributed by atoms with Gasteiger partial charge in [0, 0.05) is 10.5 Å². The molecule has 6 nitrogen and oxygen atoms in total. The summed E-state index contributed by atoms with van der Waals surface area (Å²) in [6.45, 7) is 0. The molecule has 1 rings (SSSR count). The van der Waals surface area contributed by atoms with E-state index in [4.69, 9.17) is 28.7 Å². The third kappa shape index (κ3) is 3.64. The van der Waals surface area contributed by atoms with Gasteiger partial charge in [0.15, 0.2) is 0 Å². The molecule has 0 saturated heterocycles. The summed E-state index contributed by atoms with van der Waals surface area (Å²) in [4.78, 5) is 17.5. The van der Waals surface area contributed by atoms with Crippen molar-refractivity contribution in [3.63, 3.8) is 0 Å². The maximum Gasteiger partial charge on any atom is 0.340 e. The molecular weight excluding hydrogens is 267 g/mol. The van der Waals surface area contributed by atoms with E-state index >= 15 is 0 Å². The summed E-state index contributed by atoms with van der Waals surface area (Å²) < 4.78 is 4.44. The second-order valence-corrected chi connectivity index (χ2v) is 3.47. The number of carbonyl (C=O) groups is 1. The zero-order valence-corrected chi connectivity index (χ0v) is 10.1. The SMILES string of the molecule is COC(=O)/C(=C/c1ccc(Cl)nc1Cl)N=[N+]=[N-]. The van der Waals surface area contributed by atoms with Crippen LogP contribution in [0.4, 0.5) is 0 Å². The number of esters is 1. The Morgan fingerprint density at radius 3 is 2.82 bits per heavy atom. The van der Waals surface area contributed by atoms with Crippen molar-refractivity contribution in [1.29, 1.82) is 0 Å². The van der Waals surface area contributed by atoms with E-state index in [1.165, 1.54) is 25.3 Å². The van der Waals surface area contributed by atoms with E-state index < -0.39 is 5.97 Å². The fourth-order valence-corrected chi connectivity index (χ4v) is 1.36. The number of hydrogen-bond donors (Lipinski definition) is 0. The maximum atomic E-state index is 11.2. The van der Waals surface area contributed by atoms with Crippen LogP contribution in [0.2, 0.25) is 10.3 Å². The number of hydrogen-bond acceptors (Lipinski definition) is 4. The molecule has 0 aliphatic rings. The molecule has 0 spiro atoms. The Bertz CT molecular complexity index is 524. The molecule has 17 heavy (non-hydrogen) atoms. The maximum absolute atomic E-state index is 11.2. The molecule has 0 aliphatic carbocycles. The number of rotatable bonds is 3. The third-order valence-corrected chi connectivity index (χ3v) is 2.20. The minimum atomic E-state index is -0.770. The Morgan fingerprint density at radius 1 is 1.59 bits per heavy atom. The first-order valence-electron chi connectivity index (χ1n) is 4.25. The zero-order valence-electron chi connectivity index (χ0n) is 8.59. The number of pyridine rings is 1. The zero-order chi connectivity index (χ0) is 12.8. The van der Waals surface area contributed by atoms with Crippen LogP contribution in [0.3, 0.4) is 0 Å². The number of nitrogens with zero attached hydrogens (tertiary/aromatic N) is 4. The molecule has 0 bridgehead atoms. The molecule has 88 valence electrons. The molecule has 0 aliphatic heterocycles. The third-order valence-electron chi connectivity index (χ3n) is 1.68. The highest BCUT2D eigenvalue weighted by Crippen LogP contribution is 2.20. The summed E-state index contributed by atoms with van der Waals surface area (Å²) in [6, 6.07) is 3.03. The van der Waals surface area contributed by atoms with Gasteiger partial charge in [-0.3, -0.25) is 0 Å². The Morgan fingerprint density at radius 2 is 2.29 bits per heavy atom. The van der Waals surface area contributed by atoms with E-state index in [9.17, 15) is 4.79 Å². The quantitative estimate of drug-likeness (QED) is 0.211. The van der Waals surface area contributed by atoms with Crippen LogP contribution in [0.1, 0.15) is 5.56 Å². The summed E-state index contributed by atoms with van der Waals surface area (Å²) in [5.74, 6) is -0.770. The molecule has 8 heteroatoms. The standard InChI is InChI=1S/C9H6Cl2N4O2/c1-17-9(16)6(14-15-12)4-5-2-3-7(10)13-8(5)11/h2-4H,1H3/b6-4-. The Kier molecular flexibility index (Phi) is 4.78. The summed E-state index contributed by atoms with van der Waals surface area (Å²) in [7, 11) is 1.17. The predicted molar refractivity (Wildman–Crippen MR) is 63.4 cm³/mol. The lowest BCUT2D eigenvalue weighted by Gasteiger charge is -2.00. The highest BCUT2D eigenvalue weighted by molar-refractivity contribution is 6.33. The smallest absolute Gasteiger partial charge is 0.340 e. The van der Waals surface area contributed by atoms with Crippen molar-refractivity contribution in [1.82, 2.24) is 4.98 Å². The molecule has 0 unspecified atom stereocenters. The van der Waals surface area contributed by atoms with Gasteiger partial charge < -0.3 is 4.74 Å². The fourth-order valence-electron chi connectivity index (χ4n) is 0.959. The van der Waals surface area contributed by atoms with Crippen LogP contribution in [-0.2, 0) is 9.53 Å². The van der Waals surface area contributed by atoms with Crippen LogP contribution in [0.25, 0.3) is 16.5 Å². The minimum Gasteiger partial charge on any atom is -0.466 e. The van der Waals surface area contributed by atoms with Gasteiger partial charge in [0.2, 0.25) is 0 Å². The van der Waals surface area contributed by atoms with Gasteiger partial charge in [0.25, 0.3) is 0 Å². The molecule has 1 aromatic rings. The second-order valence-electron chi connectivity index (χ2n) is 2.72. The molecule has 0 fully saturated rings. The number of methoxy groups -OCH3 is 1. The van der Waals surface area contributed by atoms with Crippen molar-refractivity contribution < 1.29 is 9.53 Å². The van der Waals surface area contributed by atoms with Crippen molar-refractivity contribution in [3.05, 3.63) is 44.1 Å².